The largest absolute Gasteiger partial charge is 0.495 e. The van der Waals surface area contributed by atoms with E-state index in [0.717, 1.165) is 10.6 Å². The number of halogens is 1. The summed E-state index contributed by atoms with van der Waals surface area (Å²) >= 11 is 6.07. The highest BCUT2D eigenvalue weighted by atomic mass is 35.5. The second-order valence-corrected chi connectivity index (χ2v) is 8.28. The molecule has 1 N–H and O–H groups in total. The van der Waals surface area contributed by atoms with Crippen LogP contribution in [0.4, 0.5) is 11.4 Å². The molecule has 0 aromatic heterocycles. The van der Waals surface area contributed by atoms with Crippen molar-refractivity contribution < 1.29 is 22.7 Å². The molecule has 1 unspecified atom stereocenters. The van der Waals surface area contributed by atoms with E-state index in [1.165, 1.54) is 20.3 Å². The lowest BCUT2D eigenvalue weighted by Crippen LogP contribution is -2.47. The van der Waals surface area contributed by atoms with E-state index in [9.17, 15) is 13.2 Å². The zero-order valence-corrected chi connectivity index (χ0v) is 17.7. The minimum absolute atomic E-state index is 0.194. The van der Waals surface area contributed by atoms with Gasteiger partial charge in [-0.2, -0.15) is 0 Å². The van der Waals surface area contributed by atoms with E-state index in [1.54, 1.807) is 43.3 Å². The Kier molecular flexibility index (Phi) is 7.15. The summed E-state index contributed by atoms with van der Waals surface area (Å²) in [7, 11) is -0.921. The maximum absolute atomic E-state index is 13.0. The molecule has 1 amide bonds. The Bertz CT molecular complexity index is 949. The van der Waals surface area contributed by atoms with Crippen molar-refractivity contribution >= 4 is 38.9 Å². The van der Waals surface area contributed by atoms with Gasteiger partial charge in [0.05, 0.1) is 31.9 Å². The van der Waals surface area contributed by atoms with Crippen LogP contribution in [0.25, 0.3) is 0 Å². The number of rotatable bonds is 8. The fraction of sp³-hybridized carbons (Fsp3) is 0.316. The molecule has 2 aromatic rings. The van der Waals surface area contributed by atoms with Gasteiger partial charge in [0, 0.05) is 5.02 Å². The van der Waals surface area contributed by atoms with Crippen molar-refractivity contribution in [2.45, 2.75) is 19.4 Å². The minimum Gasteiger partial charge on any atom is -0.495 e. The predicted octanol–water partition coefficient (Wildman–Crippen LogP) is 3.54. The Hall–Kier alpha value is -2.45. The lowest BCUT2D eigenvalue weighted by atomic mass is 10.1. The number of nitrogens with one attached hydrogen (secondary N) is 1. The number of methoxy groups -OCH3 is 2. The fourth-order valence-electron chi connectivity index (χ4n) is 2.83. The normalized spacial score (nSPS) is 12.2. The van der Waals surface area contributed by atoms with Gasteiger partial charge in [0.2, 0.25) is 15.9 Å². The molecule has 152 valence electrons. The SMILES string of the molecule is CCC(C(=O)Nc1ccccc1OC)N(c1cc(Cl)ccc1OC)S(C)(=O)=O. The van der Waals surface area contributed by atoms with Gasteiger partial charge in [-0.15, -0.1) is 0 Å². The van der Waals surface area contributed by atoms with E-state index in [4.69, 9.17) is 21.1 Å². The number of sulfonamides is 1. The van der Waals surface area contributed by atoms with Gasteiger partial charge in [0.15, 0.2) is 0 Å². The van der Waals surface area contributed by atoms with Crippen molar-refractivity contribution in [3.63, 3.8) is 0 Å². The second kappa shape index (κ2) is 9.16. The number of nitrogens with zero attached hydrogens (tertiary/aromatic N) is 1. The first kappa shape index (κ1) is 21.8. The van der Waals surface area contributed by atoms with Gasteiger partial charge in [-0.05, 0) is 36.8 Å². The maximum Gasteiger partial charge on any atom is 0.248 e. The molecular weight excluding hydrogens is 404 g/mol. The first-order valence-electron chi connectivity index (χ1n) is 8.49. The van der Waals surface area contributed by atoms with E-state index in [0.29, 0.717) is 22.2 Å². The third-order valence-corrected chi connectivity index (χ3v) is 5.47. The molecule has 2 aromatic carbocycles. The molecule has 0 fully saturated rings. The van der Waals surface area contributed by atoms with Gasteiger partial charge < -0.3 is 14.8 Å². The Morgan fingerprint density at radius 3 is 2.36 bits per heavy atom. The Balaban J connectivity index is 2.50. The quantitative estimate of drug-likeness (QED) is 0.697. The summed E-state index contributed by atoms with van der Waals surface area (Å²) in [5.41, 5.74) is 0.638. The van der Waals surface area contributed by atoms with E-state index in [2.05, 4.69) is 5.32 Å². The third kappa shape index (κ3) is 4.88. The van der Waals surface area contributed by atoms with Crippen LogP contribution < -0.4 is 19.1 Å². The van der Waals surface area contributed by atoms with Crippen molar-refractivity contribution in [2.75, 3.05) is 30.1 Å². The zero-order chi connectivity index (χ0) is 20.9. The van der Waals surface area contributed by atoms with E-state index in [1.807, 2.05) is 0 Å². The summed E-state index contributed by atoms with van der Waals surface area (Å²) in [5.74, 6) is 0.259. The molecule has 0 aliphatic rings. The highest BCUT2D eigenvalue weighted by molar-refractivity contribution is 7.92. The molecule has 1 atom stereocenters. The van der Waals surface area contributed by atoms with Crippen LogP contribution in [0.2, 0.25) is 5.02 Å². The fourth-order valence-corrected chi connectivity index (χ4v) is 4.21. The van der Waals surface area contributed by atoms with Gasteiger partial charge in [-0.3, -0.25) is 9.10 Å². The number of ether oxygens (including phenoxy) is 2. The van der Waals surface area contributed by atoms with Crippen LogP contribution in [0.5, 0.6) is 11.5 Å². The van der Waals surface area contributed by atoms with Crippen molar-refractivity contribution in [2.24, 2.45) is 0 Å². The maximum atomic E-state index is 13.0. The molecule has 0 spiro atoms. The minimum atomic E-state index is -3.83. The monoisotopic (exact) mass is 426 g/mol. The molecule has 0 heterocycles. The second-order valence-electron chi connectivity index (χ2n) is 5.99. The van der Waals surface area contributed by atoms with Crippen molar-refractivity contribution in [1.29, 1.82) is 0 Å². The molecule has 0 aliphatic carbocycles. The van der Waals surface area contributed by atoms with Crippen LogP contribution in [0.15, 0.2) is 42.5 Å². The highest BCUT2D eigenvalue weighted by Gasteiger charge is 2.34. The number of carbonyl (C=O) groups is 1. The van der Waals surface area contributed by atoms with Crippen LogP contribution in [0.1, 0.15) is 13.3 Å². The number of carbonyl (C=O) groups excluding carboxylic acids is 1. The number of benzene rings is 2. The molecule has 9 heteroatoms. The van der Waals surface area contributed by atoms with Crippen LogP contribution in [0, 0.1) is 0 Å². The molecule has 0 bridgehead atoms. The molecule has 28 heavy (non-hydrogen) atoms. The van der Waals surface area contributed by atoms with Gasteiger partial charge in [0.25, 0.3) is 0 Å². The highest BCUT2D eigenvalue weighted by Crippen LogP contribution is 2.35. The van der Waals surface area contributed by atoms with E-state index >= 15 is 0 Å². The number of hydrogen-bond donors (Lipinski definition) is 1. The zero-order valence-electron chi connectivity index (χ0n) is 16.1. The smallest absolute Gasteiger partial charge is 0.248 e. The molecule has 0 saturated carbocycles. The lowest BCUT2D eigenvalue weighted by molar-refractivity contribution is -0.117. The molecule has 0 saturated heterocycles. The summed E-state index contributed by atoms with van der Waals surface area (Å²) in [6.45, 7) is 1.72. The van der Waals surface area contributed by atoms with Gasteiger partial charge in [-0.1, -0.05) is 30.7 Å². The number of hydrogen-bond acceptors (Lipinski definition) is 5. The van der Waals surface area contributed by atoms with Crippen LogP contribution in [-0.2, 0) is 14.8 Å². The molecular formula is C19H23ClN2O5S. The average Bonchev–Trinajstić information content (AvgIpc) is 2.65. The third-order valence-electron chi connectivity index (χ3n) is 4.07. The lowest BCUT2D eigenvalue weighted by Gasteiger charge is -2.31. The van der Waals surface area contributed by atoms with Gasteiger partial charge >= 0.3 is 0 Å². The Labute approximate surface area is 170 Å². The van der Waals surface area contributed by atoms with E-state index < -0.39 is 22.0 Å². The van der Waals surface area contributed by atoms with Crippen molar-refractivity contribution in [1.82, 2.24) is 0 Å². The number of para-hydroxylation sites is 2. The van der Waals surface area contributed by atoms with Crippen LogP contribution in [-0.4, -0.2) is 40.8 Å². The summed E-state index contributed by atoms with van der Waals surface area (Å²) in [4.78, 5) is 13.0. The molecule has 2 rings (SSSR count). The Morgan fingerprint density at radius 1 is 1.14 bits per heavy atom. The molecule has 0 aliphatic heterocycles. The summed E-state index contributed by atoms with van der Waals surface area (Å²) in [6, 6.07) is 10.5. The standard InChI is InChI=1S/C19H23ClN2O5S/c1-5-15(19(23)21-14-8-6-7-9-17(14)26-2)22(28(4,24)25)16-12-13(20)10-11-18(16)27-3/h6-12,15H,5H2,1-4H3,(H,21,23). The predicted molar refractivity (Wildman–Crippen MR) is 111 cm³/mol. The van der Waals surface area contributed by atoms with Crippen LogP contribution in [0.3, 0.4) is 0 Å². The van der Waals surface area contributed by atoms with E-state index in [-0.39, 0.29) is 12.1 Å². The van der Waals surface area contributed by atoms with Gasteiger partial charge in [-0.25, -0.2) is 8.42 Å². The first-order chi connectivity index (χ1) is 13.2. The topological polar surface area (TPSA) is 84.9 Å². The summed E-state index contributed by atoms with van der Waals surface area (Å²) in [5, 5.41) is 3.07. The number of amides is 1. The number of anilines is 2. The summed E-state index contributed by atoms with van der Waals surface area (Å²) < 4.78 is 36.8. The summed E-state index contributed by atoms with van der Waals surface area (Å²) in [6.07, 6.45) is 1.26. The van der Waals surface area contributed by atoms with Crippen molar-refractivity contribution in [3.05, 3.63) is 47.5 Å². The molecule has 7 nitrogen and oxygen atoms in total. The van der Waals surface area contributed by atoms with Gasteiger partial charge in [0.1, 0.15) is 17.5 Å². The first-order valence-corrected chi connectivity index (χ1v) is 10.7. The molecule has 0 radical (unpaired) electrons. The van der Waals surface area contributed by atoms with Crippen LogP contribution >= 0.6 is 11.6 Å². The van der Waals surface area contributed by atoms with Crippen molar-refractivity contribution in [3.8, 4) is 11.5 Å². The average molecular weight is 427 g/mol. The Morgan fingerprint density at radius 2 is 1.79 bits per heavy atom.